The van der Waals surface area contributed by atoms with Crippen LogP contribution in [0.25, 0.3) is 0 Å². The molecule has 0 aliphatic rings. The third-order valence-corrected chi connectivity index (χ3v) is 3.99. The van der Waals surface area contributed by atoms with E-state index in [1.165, 1.54) is 38.1 Å². The Balaban J connectivity index is 2.67. The minimum Gasteiger partial charge on any atom is -0.508 e. The quantitative estimate of drug-likeness (QED) is 0.817. The monoisotopic (exact) mass is 312 g/mol. The molecule has 0 aromatic heterocycles. The summed E-state index contributed by atoms with van der Waals surface area (Å²) < 4.78 is 0. The number of rotatable bonds is 5. The minimum atomic E-state index is -0.172. The summed E-state index contributed by atoms with van der Waals surface area (Å²) >= 11 is 0. The Morgan fingerprint density at radius 2 is 1.26 bits per heavy atom. The van der Waals surface area contributed by atoms with Crippen LogP contribution in [0.4, 0.5) is 0 Å². The zero-order chi connectivity index (χ0) is 17.1. The van der Waals surface area contributed by atoms with Crippen molar-refractivity contribution in [1.29, 1.82) is 0 Å². The third-order valence-electron chi connectivity index (χ3n) is 3.99. The number of aromatic hydroxyl groups is 2. The molecule has 2 aromatic carbocycles. The molecule has 0 spiro atoms. The van der Waals surface area contributed by atoms with Crippen molar-refractivity contribution >= 4 is 11.6 Å². The molecule has 2 aromatic rings. The number of hydrogen-bond acceptors (Lipinski definition) is 4. The number of ketones is 2. The predicted octanol–water partition coefficient (Wildman–Crippen LogP) is 4.04. The van der Waals surface area contributed by atoms with Gasteiger partial charge in [-0.25, -0.2) is 0 Å². The van der Waals surface area contributed by atoms with Gasteiger partial charge in [0.05, 0.1) is 0 Å². The van der Waals surface area contributed by atoms with Crippen LogP contribution in [0.2, 0.25) is 0 Å². The highest BCUT2D eigenvalue weighted by Gasteiger charge is 2.22. The maximum absolute atomic E-state index is 11.9. The van der Waals surface area contributed by atoms with Crippen LogP contribution in [-0.2, 0) is 0 Å². The van der Waals surface area contributed by atoms with Gasteiger partial charge in [-0.15, -0.1) is 0 Å². The van der Waals surface area contributed by atoms with Crippen molar-refractivity contribution in [3.8, 4) is 11.5 Å². The minimum absolute atomic E-state index is 0.0336. The molecule has 0 radical (unpaired) electrons. The van der Waals surface area contributed by atoms with Crippen molar-refractivity contribution in [3.63, 3.8) is 0 Å². The Morgan fingerprint density at radius 3 is 1.57 bits per heavy atom. The van der Waals surface area contributed by atoms with E-state index in [0.717, 1.165) is 11.1 Å². The summed E-state index contributed by atoms with van der Waals surface area (Å²) in [5.74, 6) is -0.387. The van der Waals surface area contributed by atoms with E-state index in [0.29, 0.717) is 17.5 Å². The second-order valence-corrected chi connectivity index (χ2v) is 5.62. The van der Waals surface area contributed by atoms with Crippen molar-refractivity contribution in [2.75, 3.05) is 0 Å². The lowest BCUT2D eigenvalue weighted by Gasteiger charge is -2.21. The van der Waals surface area contributed by atoms with E-state index in [1.54, 1.807) is 12.1 Å². The summed E-state index contributed by atoms with van der Waals surface area (Å²) in [5.41, 5.74) is 2.43. The number of benzene rings is 2. The molecule has 0 heterocycles. The van der Waals surface area contributed by atoms with Gasteiger partial charge in [0.25, 0.3) is 0 Å². The summed E-state index contributed by atoms with van der Waals surface area (Å²) in [7, 11) is 0. The molecule has 0 atom stereocenters. The second kappa shape index (κ2) is 6.65. The molecule has 0 aliphatic heterocycles. The van der Waals surface area contributed by atoms with Gasteiger partial charge in [0.1, 0.15) is 11.5 Å². The number of hydrogen-bond donors (Lipinski definition) is 2. The van der Waals surface area contributed by atoms with Gasteiger partial charge in [0, 0.05) is 17.0 Å². The van der Waals surface area contributed by atoms with E-state index in [9.17, 15) is 19.8 Å². The van der Waals surface area contributed by atoms with E-state index >= 15 is 0 Å². The standard InChI is InChI=1S/C19H20O4/c1-4-15(16-7-5-13(22)9-18(16)11(2)20)17-8-6-14(23)10-19(17)12(3)21/h5-10,15,22-23H,4H2,1-3H3. The van der Waals surface area contributed by atoms with Gasteiger partial charge < -0.3 is 10.2 Å². The average Bonchev–Trinajstić information content (AvgIpc) is 2.50. The van der Waals surface area contributed by atoms with Gasteiger partial charge in [-0.05, 0) is 55.7 Å². The lowest BCUT2D eigenvalue weighted by Crippen LogP contribution is -2.10. The van der Waals surface area contributed by atoms with Crippen molar-refractivity contribution in [2.24, 2.45) is 0 Å². The third kappa shape index (κ3) is 3.42. The number of carbonyl (C=O) groups excluding carboxylic acids is 2. The van der Waals surface area contributed by atoms with Crippen LogP contribution >= 0.6 is 0 Å². The van der Waals surface area contributed by atoms with Crippen molar-refractivity contribution < 1.29 is 19.8 Å². The van der Waals surface area contributed by atoms with Crippen molar-refractivity contribution in [1.82, 2.24) is 0 Å². The van der Waals surface area contributed by atoms with Gasteiger partial charge in [-0.3, -0.25) is 9.59 Å². The van der Waals surface area contributed by atoms with Crippen LogP contribution in [0, 0.1) is 0 Å². The molecule has 0 fully saturated rings. The summed E-state index contributed by atoms with van der Waals surface area (Å²) in [6, 6.07) is 9.42. The predicted molar refractivity (Wildman–Crippen MR) is 88.4 cm³/mol. The van der Waals surface area contributed by atoms with Gasteiger partial charge in [0.2, 0.25) is 0 Å². The molecule has 2 rings (SSSR count). The number of carbonyl (C=O) groups is 2. The Hall–Kier alpha value is -2.62. The number of phenolic OH excluding ortho intramolecular Hbond substituents is 2. The largest absolute Gasteiger partial charge is 0.508 e. The van der Waals surface area contributed by atoms with E-state index < -0.39 is 0 Å². The summed E-state index contributed by atoms with van der Waals surface area (Å²) in [6.45, 7) is 4.87. The Kier molecular flexibility index (Phi) is 4.84. The summed E-state index contributed by atoms with van der Waals surface area (Å²) in [6.07, 6.45) is 0.677. The van der Waals surface area contributed by atoms with Crippen LogP contribution in [0.5, 0.6) is 11.5 Å². The second-order valence-electron chi connectivity index (χ2n) is 5.62. The van der Waals surface area contributed by atoms with Gasteiger partial charge in [0.15, 0.2) is 11.6 Å². The maximum Gasteiger partial charge on any atom is 0.160 e. The van der Waals surface area contributed by atoms with E-state index in [2.05, 4.69) is 0 Å². The van der Waals surface area contributed by atoms with Crippen LogP contribution in [0.15, 0.2) is 36.4 Å². The first-order valence-electron chi connectivity index (χ1n) is 7.52. The fraction of sp³-hybridized carbons (Fsp3) is 0.263. The molecular formula is C19H20O4. The molecular weight excluding hydrogens is 292 g/mol. The first kappa shape index (κ1) is 16.7. The molecule has 0 saturated heterocycles. The number of Topliss-reactive ketones (excluding diaryl/α,β-unsaturated/α-hetero) is 2. The highest BCUT2D eigenvalue weighted by atomic mass is 16.3. The fourth-order valence-electron chi connectivity index (χ4n) is 2.91. The SMILES string of the molecule is CCC(c1ccc(O)cc1C(C)=O)c1ccc(O)cc1C(C)=O. The first-order valence-corrected chi connectivity index (χ1v) is 7.52. The topological polar surface area (TPSA) is 74.6 Å². The highest BCUT2D eigenvalue weighted by molar-refractivity contribution is 5.98. The fourth-order valence-corrected chi connectivity index (χ4v) is 2.91. The van der Waals surface area contributed by atoms with Crippen LogP contribution in [-0.4, -0.2) is 21.8 Å². The molecule has 4 nitrogen and oxygen atoms in total. The lowest BCUT2D eigenvalue weighted by atomic mass is 9.82. The van der Waals surface area contributed by atoms with Crippen molar-refractivity contribution in [3.05, 3.63) is 58.7 Å². The summed E-state index contributed by atoms with van der Waals surface area (Å²) in [5, 5.41) is 19.3. The van der Waals surface area contributed by atoms with Gasteiger partial charge in [-0.1, -0.05) is 19.1 Å². The molecule has 0 aliphatic carbocycles. The average molecular weight is 312 g/mol. The van der Waals surface area contributed by atoms with Crippen molar-refractivity contribution in [2.45, 2.75) is 33.1 Å². The van der Waals surface area contributed by atoms with E-state index in [1.807, 2.05) is 6.92 Å². The van der Waals surface area contributed by atoms with Crippen LogP contribution in [0.1, 0.15) is 65.0 Å². The maximum atomic E-state index is 11.9. The molecule has 0 bridgehead atoms. The zero-order valence-electron chi connectivity index (χ0n) is 13.5. The normalized spacial score (nSPS) is 10.8. The highest BCUT2D eigenvalue weighted by Crippen LogP contribution is 2.35. The molecule has 0 saturated carbocycles. The molecule has 0 amide bonds. The van der Waals surface area contributed by atoms with Gasteiger partial charge in [-0.2, -0.15) is 0 Å². The van der Waals surface area contributed by atoms with E-state index in [4.69, 9.17) is 0 Å². The lowest BCUT2D eigenvalue weighted by molar-refractivity contribution is 0.100. The summed E-state index contributed by atoms with van der Waals surface area (Å²) in [4.78, 5) is 23.8. The van der Waals surface area contributed by atoms with Gasteiger partial charge >= 0.3 is 0 Å². The Morgan fingerprint density at radius 1 is 0.870 bits per heavy atom. The Labute approximate surface area is 135 Å². The first-order chi connectivity index (χ1) is 10.8. The number of phenols is 2. The smallest absolute Gasteiger partial charge is 0.160 e. The zero-order valence-corrected chi connectivity index (χ0v) is 13.5. The molecule has 0 unspecified atom stereocenters. The molecule has 2 N–H and O–H groups in total. The molecule has 23 heavy (non-hydrogen) atoms. The Bertz CT molecular complexity index is 698. The van der Waals surface area contributed by atoms with E-state index in [-0.39, 0.29) is 29.0 Å². The molecule has 120 valence electrons. The molecule has 4 heteroatoms. The van der Waals surface area contributed by atoms with Crippen LogP contribution in [0.3, 0.4) is 0 Å². The van der Waals surface area contributed by atoms with Crippen LogP contribution < -0.4 is 0 Å².